The Morgan fingerprint density at radius 1 is 1.17 bits per heavy atom. The molecule has 1 heterocycles. The van der Waals surface area contributed by atoms with Crippen LogP contribution in [0.4, 0.5) is 0 Å². The maximum absolute atomic E-state index is 5.79. The molecule has 0 atom stereocenters. The highest BCUT2D eigenvalue weighted by molar-refractivity contribution is 7.99. The van der Waals surface area contributed by atoms with Crippen molar-refractivity contribution < 1.29 is 0 Å². The molecule has 4 nitrogen and oxygen atoms in total. The normalized spacial score (nSPS) is 11.3. The molecule has 0 fully saturated rings. The maximum Gasteiger partial charge on any atom is 0.191 e. The summed E-state index contributed by atoms with van der Waals surface area (Å²) in [5.74, 6) is 1.80. The summed E-state index contributed by atoms with van der Waals surface area (Å²) in [6.07, 6.45) is 1.75. The second kappa shape index (κ2) is 10.1. The molecule has 0 spiro atoms. The van der Waals surface area contributed by atoms with Gasteiger partial charge in [0, 0.05) is 29.9 Å². The Balaban J connectivity index is 1.78. The predicted octanol–water partition coefficient (Wildman–Crippen LogP) is 3.58. The van der Waals surface area contributed by atoms with Crippen LogP contribution in [0.25, 0.3) is 0 Å². The van der Waals surface area contributed by atoms with Gasteiger partial charge in [0.15, 0.2) is 5.96 Å². The molecule has 2 aromatic rings. The van der Waals surface area contributed by atoms with E-state index < -0.39 is 0 Å². The van der Waals surface area contributed by atoms with Gasteiger partial charge in [0.05, 0.1) is 6.54 Å². The summed E-state index contributed by atoms with van der Waals surface area (Å²) >= 11 is 7.61. The van der Waals surface area contributed by atoms with Crippen molar-refractivity contribution in [1.82, 2.24) is 15.6 Å². The van der Waals surface area contributed by atoms with Crippen LogP contribution in [0, 0.1) is 0 Å². The molecular formula is C17H21ClN4S. The first-order valence-corrected chi connectivity index (χ1v) is 8.94. The Morgan fingerprint density at radius 3 is 2.70 bits per heavy atom. The summed E-state index contributed by atoms with van der Waals surface area (Å²) in [6, 6.07) is 14.1. The molecule has 0 radical (unpaired) electrons. The van der Waals surface area contributed by atoms with Gasteiger partial charge in [-0.15, -0.1) is 11.8 Å². The average molecular weight is 349 g/mol. The van der Waals surface area contributed by atoms with E-state index in [2.05, 4.69) is 51.8 Å². The van der Waals surface area contributed by atoms with Crippen molar-refractivity contribution in [1.29, 1.82) is 0 Å². The van der Waals surface area contributed by atoms with Crippen LogP contribution in [0.15, 0.2) is 58.5 Å². The number of aliphatic imine (C=N–C) groups is 1. The molecule has 1 aromatic heterocycles. The molecule has 2 rings (SSSR count). The van der Waals surface area contributed by atoms with Crippen molar-refractivity contribution in [3.63, 3.8) is 0 Å². The number of thioether (sulfide) groups is 1. The Bertz CT molecular complexity index is 602. The van der Waals surface area contributed by atoms with Crippen molar-refractivity contribution in [2.75, 3.05) is 18.8 Å². The van der Waals surface area contributed by atoms with Crippen LogP contribution < -0.4 is 10.6 Å². The summed E-state index contributed by atoms with van der Waals surface area (Å²) in [6.45, 7) is 4.31. The number of guanidine groups is 1. The van der Waals surface area contributed by atoms with E-state index in [1.165, 1.54) is 4.90 Å². The number of aromatic nitrogens is 1. The summed E-state index contributed by atoms with van der Waals surface area (Å²) in [7, 11) is 0. The zero-order valence-electron chi connectivity index (χ0n) is 13.1. The Morgan fingerprint density at radius 2 is 2.00 bits per heavy atom. The smallest absolute Gasteiger partial charge is 0.191 e. The minimum absolute atomic E-state index is 0.501. The summed E-state index contributed by atoms with van der Waals surface area (Å²) in [5.41, 5.74) is 1.03. The van der Waals surface area contributed by atoms with Gasteiger partial charge in [0.1, 0.15) is 5.15 Å². The van der Waals surface area contributed by atoms with Gasteiger partial charge in [-0.3, -0.25) is 0 Å². The molecule has 0 bridgehead atoms. The zero-order valence-corrected chi connectivity index (χ0v) is 14.7. The molecule has 23 heavy (non-hydrogen) atoms. The first-order chi connectivity index (χ1) is 11.3. The van der Waals surface area contributed by atoms with E-state index >= 15 is 0 Å². The van der Waals surface area contributed by atoms with Gasteiger partial charge in [0.25, 0.3) is 0 Å². The second-order valence-corrected chi connectivity index (χ2v) is 6.33. The molecule has 122 valence electrons. The van der Waals surface area contributed by atoms with Gasteiger partial charge in [-0.2, -0.15) is 0 Å². The molecule has 0 unspecified atom stereocenters. The fraction of sp³-hybridized carbons (Fsp3) is 0.294. The number of hydrogen-bond acceptors (Lipinski definition) is 3. The van der Waals surface area contributed by atoms with E-state index in [0.29, 0.717) is 11.7 Å². The van der Waals surface area contributed by atoms with E-state index in [0.717, 1.165) is 30.4 Å². The van der Waals surface area contributed by atoms with Crippen molar-refractivity contribution in [3.8, 4) is 0 Å². The van der Waals surface area contributed by atoms with E-state index in [-0.39, 0.29) is 0 Å². The third kappa shape index (κ3) is 6.93. The van der Waals surface area contributed by atoms with Crippen LogP contribution in [-0.2, 0) is 6.54 Å². The number of pyridine rings is 1. The number of rotatable bonds is 7. The number of nitrogens with one attached hydrogen (secondary N) is 2. The van der Waals surface area contributed by atoms with Crippen molar-refractivity contribution in [2.24, 2.45) is 4.99 Å². The van der Waals surface area contributed by atoms with E-state index in [4.69, 9.17) is 11.6 Å². The van der Waals surface area contributed by atoms with E-state index in [1.54, 1.807) is 12.3 Å². The van der Waals surface area contributed by atoms with Gasteiger partial charge in [-0.1, -0.05) is 35.9 Å². The zero-order chi connectivity index (χ0) is 16.3. The number of benzene rings is 1. The lowest BCUT2D eigenvalue weighted by atomic mass is 10.3. The molecular weight excluding hydrogens is 328 g/mol. The highest BCUT2D eigenvalue weighted by atomic mass is 35.5. The summed E-state index contributed by atoms with van der Waals surface area (Å²) in [4.78, 5) is 9.91. The summed E-state index contributed by atoms with van der Waals surface area (Å²) < 4.78 is 0. The first kappa shape index (κ1) is 17.6. The van der Waals surface area contributed by atoms with Crippen LogP contribution in [0.5, 0.6) is 0 Å². The quantitative estimate of drug-likeness (QED) is 0.264. The maximum atomic E-state index is 5.79. The number of nitrogens with zero attached hydrogens (tertiary/aromatic N) is 2. The van der Waals surface area contributed by atoms with E-state index in [9.17, 15) is 0 Å². The van der Waals surface area contributed by atoms with Gasteiger partial charge in [0.2, 0.25) is 0 Å². The molecule has 2 N–H and O–H groups in total. The molecule has 6 heteroatoms. The minimum atomic E-state index is 0.501. The number of halogens is 1. The largest absolute Gasteiger partial charge is 0.357 e. The molecule has 1 aromatic carbocycles. The number of hydrogen-bond donors (Lipinski definition) is 2. The first-order valence-electron chi connectivity index (χ1n) is 7.58. The van der Waals surface area contributed by atoms with Crippen LogP contribution in [0.2, 0.25) is 5.15 Å². The predicted molar refractivity (Wildman–Crippen MR) is 99.2 cm³/mol. The Labute approximate surface area is 146 Å². The lowest BCUT2D eigenvalue weighted by Gasteiger charge is -2.11. The SMILES string of the molecule is CCNC(=NCc1ccc(Cl)nc1)NCCSc1ccccc1. The second-order valence-electron chi connectivity index (χ2n) is 4.77. The van der Waals surface area contributed by atoms with Crippen LogP contribution >= 0.6 is 23.4 Å². The van der Waals surface area contributed by atoms with Crippen molar-refractivity contribution in [2.45, 2.75) is 18.4 Å². The molecule has 0 aliphatic heterocycles. The molecule has 0 saturated carbocycles. The third-order valence-corrected chi connectivity index (χ3v) is 4.20. The Kier molecular flexibility index (Phi) is 7.77. The van der Waals surface area contributed by atoms with Crippen LogP contribution in [-0.4, -0.2) is 29.8 Å². The van der Waals surface area contributed by atoms with Gasteiger partial charge < -0.3 is 10.6 Å². The third-order valence-electron chi connectivity index (χ3n) is 2.96. The van der Waals surface area contributed by atoms with E-state index in [1.807, 2.05) is 23.9 Å². The molecule has 0 amide bonds. The molecule has 0 aliphatic carbocycles. The van der Waals surface area contributed by atoms with Gasteiger partial charge in [-0.05, 0) is 30.7 Å². The van der Waals surface area contributed by atoms with Crippen LogP contribution in [0.3, 0.4) is 0 Å². The van der Waals surface area contributed by atoms with Crippen molar-refractivity contribution in [3.05, 3.63) is 59.4 Å². The molecule has 0 aliphatic rings. The fourth-order valence-corrected chi connectivity index (χ4v) is 2.77. The highest BCUT2D eigenvalue weighted by Crippen LogP contribution is 2.15. The standard InChI is InChI=1S/C17H21ClN4S/c1-2-19-17(22-13-14-8-9-16(18)21-12-14)20-10-11-23-15-6-4-3-5-7-15/h3-9,12H,2,10-11,13H2,1H3,(H2,19,20,22). The Hall–Kier alpha value is -1.72. The monoisotopic (exact) mass is 348 g/mol. The highest BCUT2D eigenvalue weighted by Gasteiger charge is 1.99. The fourth-order valence-electron chi connectivity index (χ4n) is 1.87. The lowest BCUT2D eigenvalue weighted by molar-refractivity contribution is 0.842. The molecule has 0 saturated heterocycles. The topological polar surface area (TPSA) is 49.3 Å². The lowest BCUT2D eigenvalue weighted by Crippen LogP contribution is -2.38. The average Bonchev–Trinajstić information content (AvgIpc) is 2.59. The van der Waals surface area contributed by atoms with Crippen LogP contribution in [0.1, 0.15) is 12.5 Å². The van der Waals surface area contributed by atoms with Gasteiger partial charge >= 0.3 is 0 Å². The minimum Gasteiger partial charge on any atom is -0.357 e. The summed E-state index contributed by atoms with van der Waals surface area (Å²) in [5, 5.41) is 7.09. The van der Waals surface area contributed by atoms with Gasteiger partial charge in [-0.25, -0.2) is 9.98 Å². The van der Waals surface area contributed by atoms with Crippen molar-refractivity contribution >= 4 is 29.3 Å².